The molecule has 1 atom stereocenters. The van der Waals surface area contributed by atoms with Crippen LogP contribution in [0.15, 0.2) is 24.3 Å². The van der Waals surface area contributed by atoms with E-state index >= 15 is 0 Å². The normalized spacial score (nSPS) is 12.1. The van der Waals surface area contributed by atoms with Crippen molar-refractivity contribution in [3.63, 3.8) is 0 Å². The van der Waals surface area contributed by atoms with Crippen LogP contribution in [-0.2, 0) is 0 Å². The maximum Gasteiger partial charge on any atom is 0.339 e. The number of carboxylic acids is 1. The molecule has 1 aromatic rings. The third-order valence-electron chi connectivity index (χ3n) is 2.32. The Balaban J connectivity index is 2.33. The van der Waals surface area contributed by atoms with E-state index in [2.05, 4.69) is 0 Å². The van der Waals surface area contributed by atoms with E-state index in [-0.39, 0.29) is 18.1 Å². The number of hydrogen-bond acceptors (Lipinski definition) is 4. The number of carboxylic acid groups (broad SMARTS) is 1. The number of ether oxygens (including phenoxy) is 1. The monoisotopic (exact) mass is 270 g/mol. The molecule has 0 saturated heterocycles. The minimum atomic E-state index is -0.979. The predicted octanol–water partition coefficient (Wildman–Crippen LogP) is 2.13. The Bertz CT molecular complexity index is 381. The zero-order chi connectivity index (χ0) is 13.4. The molecule has 5 heteroatoms. The summed E-state index contributed by atoms with van der Waals surface area (Å²) < 4.78 is 5.45. The van der Waals surface area contributed by atoms with Gasteiger partial charge in [0, 0.05) is 12.4 Å². The highest BCUT2D eigenvalue weighted by Gasteiger charge is 2.09. The minimum absolute atomic E-state index is 0.186. The molecule has 100 valence electrons. The molecule has 0 aromatic heterocycles. The van der Waals surface area contributed by atoms with Gasteiger partial charge in [0.15, 0.2) is 0 Å². The Morgan fingerprint density at radius 3 is 2.83 bits per heavy atom. The van der Waals surface area contributed by atoms with Gasteiger partial charge >= 0.3 is 5.97 Å². The Hall–Kier alpha value is -1.20. The van der Waals surface area contributed by atoms with Crippen LogP contribution in [0.4, 0.5) is 0 Å². The van der Waals surface area contributed by atoms with E-state index in [9.17, 15) is 4.79 Å². The Kier molecular flexibility index (Phi) is 6.60. The molecule has 4 nitrogen and oxygen atoms in total. The summed E-state index contributed by atoms with van der Waals surface area (Å²) in [5.74, 6) is 1.35. The number of aliphatic hydroxyl groups excluding tert-OH is 1. The van der Waals surface area contributed by atoms with Crippen LogP contribution >= 0.6 is 11.8 Å². The van der Waals surface area contributed by atoms with E-state index in [0.29, 0.717) is 12.4 Å². The van der Waals surface area contributed by atoms with Gasteiger partial charge in [-0.1, -0.05) is 19.1 Å². The molecule has 0 saturated carbocycles. The summed E-state index contributed by atoms with van der Waals surface area (Å²) in [6, 6.07) is 6.61. The number of thioether (sulfide) groups is 1. The van der Waals surface area contributed by atoms with Crippen molar-refractivity contribution in [2.24, 2.45) is 5.92 Å². The van der Waals surface area contributed by atoms with Crippen molar-refractivity contribution in [1.29, 1.82) is 0 Å². The number of benzene rings is 1. The highest BCUT2D eigenvalue weighted by Crippen LogP contribution is 2.18. The molecule has 2 N–H and O–H groups in total. The maximum atomic E-state index is 10.9. The van der Waals surface area contributed by atoms with Gasteiger partial charge in [0.1, 0.15) is 11.3 Å². The lowest BCUT2D eigenvalue weighted by atomic mass is 10.2. The standard InChI is InChI=1S/C13H18O4S/c1-10(8-14)9-18-7-6-17-12-5-3-2-4-11(12)13(15)16/h2-5,10,14H,6-9H2,1H3,(H,15,16). The number of aromatic carboxylic acids is 1. The van der Waals surface area contributed by atoms with Crippen LogP contribution in [0.5, 0.6) is 5.75 Å². The molecular formula is C13H18O4S. The predicted molar refractivity (Wildman–Crippen MR) is 72.5 cm³/mol. The van der Waals surface area contributed by atoms with Gasteiger partial charge < -0.3 is 14.9 Å². The second-order valence-corrected chi connectivity index (χ2v) is 5.16. The summed E-state index contributed by atoms with van der Waals surface area (Å²) in [4.78, 5) is 10.9. The lowest BCUT2D eigenvalue weighted by molar-refractivity contribution is 0.0692. The number of carbonyl (C=O) groups is 1. The van der Waals surface area contributed by atoms with E-state index in [4.69, 9.17) is 14.9 Å². The Morgan fingerprint density at radius 1 is 1.44 bits per heavy atom. The van der Waals surface area contributed by atoms with E-state index < -0.39 is 5.97 Å². The molecule has 0 fully saturated rings. The fourth-order valence-corrected chi connectivity index (χ4v) is 2.19. The Labute approximate surface area is 111 Å². The summed E-state index contributed by atoms with van der Waals surface area (Å²) in [6.45, 7) is 2.64. The second kappa shape index (κ2) is 8.00. The molecule has 1 rings (SSSR count). The zero-order valence-corrected chi connectivity index (χ0v) is 11.2. The number of para-hydroxylation sites is 1. The van der Waals surface area contributed by atoms with E-state index in [1.54, 1.807) is 30.0 Å². The topological polar surface area (TPSA) is 66.8 Å². The van der Waals surface area contributed by atoms with Crippen LogP contribution in [0.25, 0.3) is 0 Å². The first-order valence-corrected chi connectivity index (χ1v) is 6.94. The minimum Gasteiger partial charge on any atom is -0.492 e. The van der Waals surface area contributed by atoms with Gasteiger partial charge in [-0.2, -0.15) is 11.8 Å². The average molecular weight is 270 g/mol. The molecular weight excluding hydrogens is 252 g/mol. The van der Waals surface area contributed by atoms with Gasteiger partial charge in [0.05, 0.1) is 6.61 Å². The van der Waals surface area contributed by atoms with Crippen molar-refractivity contribution in [3.05, 3.63) is 29.8 Å². The summed E-state index contributed by atoms with van der Waals surface area (Å²) >= 11 is 1.69. The fourth-order valence-electron chi connectivity index (χ4n) is 1.32. The van der Waals surface area contributed by atoms with Crippen molar-refractivity contribution >= 4 is 17.7 Å². The first-order valence-electron chi connectivity index (χ1n) is 5.79. The van der Waals surface area contributed by atoms with Crippen LogP contribution in [0, 0.1) is 5.92 Å². The smallest absolute Gasteiger partial charge is 0.339 e. The van der Waals surface area contributed by atoms with Crippen molar-refractivity contribution in [1.82, 2.24) is 0 Å². The van der Waals surface area contributed by atoms with Crippen molar-refractivity contribution in [3.8, 4) is 5.75 Å². The third-order valence-corrected chi connectivity index (χ3v) is 3.58. The molecule has 0 radical (unpaired) electrons. The van der Waals surface area contributed by atoms with Crippen LogP contribution < -0.4 is 4.74 Å². The molecule has 0 bridgehead atoms. The SMILES string of the molecule is CC(CO)CSCCOc1ccccc1C(=O)O. The maximum absolute atomic E-state index is 10.9. The van der Waals surface area contributed by atoms with Gasteiger partial charge in [0.25, 0.3) is 0 Å². The second-order valence-electron chi connectivity index (χ2n) is 4.01. The van der Waals surface area contributed by atoms with Gasteiger partial charge in [-0.15, -0.1) is 0 Å². The number of rotatable bonds is 8. The van der Waals surface area contributed by atoms with Crippen molar-refractivity contribution in [2.75, 3.05) is 24.7 Å². The third kappa shape index (κ3) is 4.98. The van der Waals surface area contributed by atoms with E-state index in [1.165, 1.54) is 6.07 Å². The van der Waals surface area contributed by atoms with Gasteiger partial charge in [0.2, 0.25) is 0 Å². The zero-order valence-electron chi connectivity index (χ0n) is 10.3. The summed E-state index contributed by atoms with van der Waals surface area (Å²) in [5, 5.41) is 17.8. The van der Waals surface area contributed by atoms with E-state index in [1.807, 2.05) is 6.92 Å². The van der Waals surface area contributed by atoms with Crippen LogP contribution in [0.1, 0.15) is 17.3 Å². The van der Waals surface area contributed by atoms with Crippen molar-refractivity contribution in [2.45, 2.75) is 6.92 Å². The highest BCUT2D eigenvalue weighted by molar-refractivity contribution is 7.99. The molecule has 0 aliphatic carbocycles. The molecule has 1 unspecified atom stereocenters. The lowest BCUT2D eigenvalue weighted by Crippen LogP contribution is -2.08. The number of aliphatic hydroxyl groups is 1. The van der Waals surface area contributed by atoms with Crippen LogP contribution in [0.3, 0.4) is 0 Å². The first kappa shape index (κ1) is 14.9. The lowest BCUT2D eigenvalue weighted by Gasteiger charge is -2.10. The summed E-state index contributed by atoms with van der Waals surface area (Å²) in [5.41, 5.74) is 0.186. The molecule has 0 spiro atoms. The molecule has 0 heterocycles. The quantitative estimate of drug-likeness (QED) is 0.708. The molecule has 0 amide bonds. The summed E-state index contributed by atoms with van der Waals surface area (Å²) in [6.07, 6.45) is 0. The largest absolute Gasteiger partial charge is 0.492 e. The van der Waals surface area contributed by atoms with Crippen molar-refractivity contribution < 1.29 is 19.7 Å². The van der Waals surface area contributed by atoms with Crippen LogP contribution in [-0.4, -0.2) is 40.9 Å². The van der Waals surface area contributed by atoms with Crippen LogP contribution in [0.2, 0.25) is 0 Å². The molecule has 1 aromatic carbocycles. The number of hydrogen-bond donors (Lipinski definition) is 2. The molecule has 18 heavy (non-hydrogen) atoms. The fraction of sp³-hybridized carbons (Fsp3) is 0.462. The Morgan fingerprint density at radius 2 is 2.17 bits per heavy atom. The van der Waals surface area contributed by atoms with E-state index in [0.717, 1.165) is 11.5 Å². The first-order chi connectivity index (χ1) is 8.65. The van der Waals surface area contributed by atoms with Gasteiger partial charge in [-0.05, 0) is 23.8 Å². The molecule has 0 aliphatic rings. The van der Waals surface area contributed by atoms with Gasteiger partial charge in [-0.25, -0.2) is 4.79 Å². The molecule has 0 aliphatic heterocycles. The summed E-state index contributed by atoms with van der Waals surface area (Å²) in [7, 11) is 0. The average Bonchev–Trinajstić information content (AvgIpc) is 2.38. The van der Waals surface area contributed by atoms with Gasteiger partial charge in [-0.3, -0.25) is 0 Å². The highest BCUT2D eigenvalue weighted by atomic mass is 32.2.